The van der Waals surface area contributed by atoms with Gasteiger partial charge in [0.05, 0.1) is 6.61 Å². The molecule has 182 valence electrons. The fourth-order valence-corrected chi connectivity index (χ4v) is 4.30. The van der Waals surface area contributed by atoms with Crippen LogP contribution in [0.1, 0.15) is 143 Å². The molecule has 1 N–H and O–H groups in total. The maximum absolute atomic E-state index is 5.50. The van der Waals surface area contributed by atoms with E-state index in [2.05, 4.69) is 33.0 Å². The fourth-order valence-electron chi connectivity index (χ4n) is 4.30. The first-order chi connectivity index (χ1) is 14.7. The highest BCUT2D eigenvalue weighted by atomic mass is 16.5. The topological polar surface area (TPSA) is 21.3 Å². The van der Waals surface area contributed by atoms with Crippen molar-refractivity contribution in [1.82, 2.24) is 5.32 Å². The Kier molecular flexibility index (Phi) is 25.1. The second kappa shape index (κ2) is 25.2. The molecule has 0 aliphatic rings. The van der Waals surface area contributed by atoms with Crippen LogP contribution in [0.2, 0.25) is 0 Å². The lowest BCUT2D eigenvalue weighted by Crippen LogP contribution is -2.25. The molecule has 0 aliphatic heterocycles. The van der Waals surface area contributed by atoms with Gasteiger partial charge in [-0.25, -0.2) is 0 Å². The third kappa shape index (κ3) is 24.2. The predicted molar refractivity (Wildman–Crippen MR) is 136 cm³/mol. The number of hydrogen-bond donors (Lipinski definition) is 1. The van der Waals surface area contributed by atoms with E-state index in [1.165, 1.54) is 109 Å². The molecule has 30 heavy (non-hydrogen) atoms. The zero-order valence-electron chi connectivity index (χ0n) is 21.6. The summed E-state index contributed by atoms with van der Waals surface area (Å²) in [7, 11) is 0. The van der Waals surface area contributed by atoms with Crippen molar-refractivity contribution in [3.05, 3.63) is 0 Å². The summed E-state index contributed by atoms with van der Waals surface area (Å²) in [5.74, 6) is 1.76. The van der Waals surface area contributed by atoms with Crippen LogP contribution >= 0.6 is 0 Å². The van der Waals surface area contributed by atoms with Gasteiger partial charge in [0.15, 0.2) is 0 Å². The molecule has 0 rings (SSSR count). The Bertz CT molecular complexity index is 307. The van der Waals surface area contributed by atoms with E-state index in [-0.39, 0.29) is 0 Å². The van der Waals surface area contributed by atoms with Crippen LogP contribution in [0.5, 0.6) is 0 Å². The van der Waals surface area contributed by atoms with E-state index >= 15 is 0 Å². The van der Waals surface area contributed by atoms with Crippen molar-refractivity contribution >= 4 is 0 Å². The van der Waals surface area contributed by atoms with E-state index in [4.69, 9.17) is 4.74 Å². The number of ether oxygens (including phenoxy) is 1. The Hall–Kier alpha value is -0.0800. The van der Waals surface area contributed by atoms with Crippen LogP contribution in [0.4, 0.5) is 0 Å². The molecule has 0 spiro atoms. The van der Waals surface area contributed by atoms with E-state index < -0.39 is 0 Å². The molecule has 0 heterocycles. The van der Waals surface area contributed by atoms with E-state index in [1.54, 1.807) is 0 Å². The fraction of sp³-hybridized carbons (Fsp3) is 1.00. The van der Waals surface area contributed by atoms with Crippen LogP contribution in [0.15, 0.2) is 0 Å². The predicted octanol–water partition coefficient (Wildman–Crippen LogP) is 8.93. The maximum atomic E-state index is 5.50. The van der Waals surface area contributed by atoms with Gasteiger partial charge in [0.25, 0.3) is 0 Å². The summed E-state index contributed by atoms with van der Waals surface area (Å²) in [5, 5.41) is 3.53. The van der Waals surface area contributed by atoms with Crippen LogP contribution < -0.4 is 5.32 Å². The van der Waals surface area contributed by atoms with Gasteiger partial charge in [0.2, 0.25) is 0 Å². The lowest BCUT2D eigenvalue weighted by molar-refractivity contribution is 0.136. The summed E-state index contributed by atoms with van der Waals surface area (Å²) in [6.45, 7) is 13.2. The monoisotopic (exact) mass is 425 g/mol. The lowest BCUT2D eigenvalue weighted by atomic mass is 9.96. The third-order valence-electron chi connectivity index (χ3n) is 6.46. The minimum Gasteiger partial charge on any atom is -0.380 e. The van der Waals surface area contributed by atoms with Gasteiger partial charge in [-0.3, -0.25) is 0 Å². The van der Waals surface area contributed by atoms with E-state index in [9.17, 15) is 0 Å². The molecule has 0 amide bonds. The molecule has 0 radical (unpaired) electrons. The van der Waals surface area contributed by atoms with Gasteiger partial charge in [-0.15, -0.1) is 0 Å². The number of unbranched alkanes of at least 4 members (excludes halogenated alkanes) is 12. The lowest BCUT2D eigenvalue weighted by Gasteiger charge is -2.12. The number of hydrogen-bond acceptors (Lipinski definition) is 2. The van der Waals surface area contributed by atoms with Gasteiger partial charge in [-0.05, 0) is 31.2 Å². The van der Waals surface area contributed by atoms with Gasteiger partial charge >= 0.3 is 0 Å². The molecule has 0 saturated carbocycles. The molecule has 2 atom stereocenters. The van der Waals surface area contributed by atoms with Crippen molar-refractivity contribution in [1.29, 1.82) is 0 Å². The Labute approximate surface area is 191 Å². The van der Waals surface area contributed by atoms with Crippen LogP contribution in [0, 0.1) is 11.8 Å². The standard InChI is InChI=1S/C28H59NO/c1-5-7-17-20-27(3)21-18-15-13-11-9-8-10-12-14-16-19-22-28(4)26-29-23-25-30-24-6-2/h27-29H,5-26H2,1-4H3. The van der Waals surface area contributed by atoms with Crippen molar-refractivity contribution in [2.45, 2.75) is 143 Å². The largest absolute Gasteiger partial charge is 0.380 e. The molecule has 0 aliphatic carbocycles. The van der Waals surface area contributed by atoms with Gasteiger partial charge in [-0.2, -0.15) is 0 Å². The summed E-state index contributed by atoms with van der Waals surface area (Å²) < 4.78 is 5.50. The maximum Gasteiger partial charge on any atom is 0.0590 e. The summed E-state index contributed by atoms with van der Waals surface area (Å²) >= 11 is 0. The van der Waals surface area contributed by atoms with Gasteiger partial charge < -0.3 is 10.1 Å². The average molecular weight is 426 g/mol. The summed E-state index contributed by atoms with van der Waals surface area (Å²) in [6, 6.07) is 0. The van der Waals surface area contributed by atoms with Crippen molar-refractivity contribution in [2.24, 2.45) is 11.8 Å². The minimum atomic E-state index is 0.801. The van der Waals surface area contributed by atoms with Crippen LogP contribution in [-0.2, 0) is 4.74 Å². The van der Waals surface area contributed by atoms with E-state index in [0.29, 0.717) is 0 Å². The zero-order chi connectivity index (χ0) is 22.1. The first-order valence-electron chi connectivity index (χ1n) is 14.0. The molecule has 2 nitrogen and oxygen atoms in total. The Morgan fingerprint density at radius 2 is 1.00 bits per heavy atom. The molecular weight excluding hydrogens is 366 g/mol. The van der Waals surface area contributed by atoms with Crippen molar-refractivity contribution < 1.29 is 4.74 Å². The normalized spacial score (nSPS) is 13.6. The third-order valence-corrected chi connectivity index (χ3v) is 6.46. The highest BCUT2D eigenvalue weighted by molar-refractivity contribution is 4.58. The molecule has 0 aromatic heterocycles. The molecule has 0 saturated heterocycles. The van der Waals surface area contributed by atoms with Crippen LogP contribution in [0.25, 0.3) is 0 Å². The number of rotatable bonds is 25. The van der Waals surface area contributed by atoms with Gasteiger partial charge in [0, 0.05) is 13.2 Å². The van der Waals surface area contributed by atoms with Crippen LogP contribution in [0.3, 0.4) is 0 Å². The SMILES string of the molecule is CCCCCC(C)CCCCCCCCCCCCCC(C)CNCCOCCC. The van der Waals surface area contributed by atoms with E-state index in [1.807, 2.05) is 0 Å². The summed E-state index contributed by atoms with van der Waals surface area (Å²) in [4.78, 5) is 0. The van der Waals surface area contributed by atoms with Crippen LogP contribution in [-0.4, -0.2) is 26.3 Å². The average Bonchev–Trinajstić information content (AvgIpc) is 2.74. The molecule has 0 fully saturated rings. The van der Waals surface area contributed by atoms with Gasteiger partial charge in [0.1, 0.15) is 0 Å². The number of nitrogens with one attached hydrogen (secondary N) is 1. The highest BCUT2D eigenvalue weighted by Crippen LogP contribution is 2.18. The highest BCUT2D eigenvalue weighted by Gasteiger charge is 2.03. The zero-order valence-corrected chi connectivity index (χ0v) is 21.6. The minimum absolute atomic E-state index is 0.801. The Morgan fingerprint density at radius 1 is 0.533 bits per heavy atom. The molecule has 0 aromatic carbocycles. The van der Waals surface area contributed by atoms with Crippen molar-refractivity contribution in [3.63, 3.8) is 0 Å². The quantitative estimate of drug-likeness (QED) is 0.147. The smallest absolute Gasteiger partial charge is 0.0590 e. The second-order valence-electron chi connectivity index (χ2n) is 9.99. The summed E-state index contributed by atoms with van der Waals surface area (Å²) in [5.41, 5.74) is 0. The Morgan fingerprint density at radius 3 is 1.50 bits per heavy atom. The first-order valence-corrected chi connectivity index (χ1v) is 14.0. The van der Waals surface area contributed by atoms with E-state index in [0.717, 1.165) is 44.6 Å². The molecular formula is C28H59NO. The Balaban J connectivity index is 3.17. The second-order valence-corrected chi connectivity index (χ2v) is 9.99. The van der Waals surface area contributed by atoms with Crippen molar-refractivity contribution in [3.8, 4) is 0 Å². The van der Waals surface area contributed by atoms with Gasteiger partial charge in [-0.1, -0.05) is 130 Å². The molecule has 2 heteroatoms. The summed E-state index contributed by atoms with van der Waals surface area (Å²) in [6.07, 6.45) is 25.7. The first kappa shape index (κ1) is 29.9. The van der Waals surface area contributed by atoms with Crippen molar-refractivity contribution in [2.75, 3.05) is 26.3 Å². The molecule has 0 aromatic rings. The molecule has 2 unspecified atom stereocenters. The molecule has 0 bridgehead atoms.